The summed E-state index contributed by atoms with van der Waals surface area (Å²) in [6.45, 7) is 1.27. The number of primary amides is 1. The lowest BCUT2D eigenvalue weighted by Crippen LogP contribution is -2.44. The second kappa shape index (κ2) is 6.51. The van der Waals surface area contributed by atoms with Gasteiger partial charge < -0.3 is 15.6 Å². The number of carbonyl (C=O) groups excluding carboxylic acids is 2. The highest BCUT2D eigenvalue weighted by Gasteiger charge is 2.18. The molecule has 8 nitrogen and oxygen atoms in total. The highest BCUT2D eigenvalue weighted by atomic mass is 31.2. The lowest BCUT2D eigenvalue weighted by Gasteiger charge is -2.14. The summed E-state index contributed by atoms with van der Waals surface area (Å²) in [6.07, 6.45) is 0.172. The first-order valence-corrected chi connectivity index (χ1v) is 7.11. The topological polar surface area (TPSA) is 139 Å². The molecule has 0 aliphatic carbocycles. The van der Waals surface area contributed by atoms with Crippen molar-refractivity contribution >= 4 is 19.6 Å². The minimum atomic E-state index is -4.60. The molecule has 0 saturated carbocycles. The Morgan fingerprint density at radius 3 is 2.30 bits per heavy atom. The van der Waals surface area contributed by atoms with Crippen LogP contribution in [0.2, 0.25) is 0 Å². The molecule has 1 aromatic rings. The zero-order chi connectivity index (χ0) is 15.3. The number of carbonyl (C=O) groups is 2. The summed E-state index contributed by atoms with van der Waals surface area (Å²) in [5.74, 6) is -1.05. The van der Waals surface area contributed by atoms with Gasteiger partial charge in [-0.05, 0) is 17.7 Å². The molecule has 0 aromatic heterocycles. The van der Waals surface area contributed by atoms with Crippen LogP contribution >= 0.6 is 7.82 Å². The Labute approximate surface area is 115 Å². The molecule has 0 aliphatic heterocycles. The van der Waals surface area contributed by atoms with Gasteiger partial charge in [-0.25, -0.2) is 4.57 Å². The number of benzene rings is 1. The number of nitrogens with two attached hydrogens (primary N) is 1. The molecule has 0 bridgehead atoms. The molecular weight excluding hydrogens is 287 g/mol. The van der Waals surface area contributed by atoms with Crippen molar-refractivity contribution in [3.05, 3.63) is 29.8 Å². The van der Waals surface area contributed by atoms with E-state index in [1.165, 1.54) is 31.2 Å². The van der Waals surface area contributed by atoms with Crippen LogP contribution in [0.25, 0.3) is 0 Å². The van der Waals surface area contributed by atoms with Crippen LogP contribution in [0.5, 0.6) is 5.75 Å². The van der Waals surface area contributed by atoms with E-state index in [1.807, 2.05) is 0 Å². The van der Waals surface area contributed by atoms with E-state index < -0.39 is 19.8 Å². The maximum Gasteiger partial charge on any atom is 0.524 e. The van der Waals surface area contributed by atoms with Gasteiger partial charge in [0.05, 0.1) is 0 Å². The van der Waals surface area contributed by atoms with E-state index in [9.17, 15) is 14.2 Å². The summed E-state index contributed by atoms with van der Waals surface area (Å²) < 4.78 is 15.0. The van der Waals surface area contributed by atoms with Crippen molar-refractivity contribution in [3.8, 4) is 5.75 Å². The van der Waals surface area contributed by atoms with E-state index >= 15 is 0 Å². The molecule has 1 rings (SSSR count). The van der Waals surface area contributed by atoms with Gasteiger partial charge in [0.2, 0.25) is 11.8 Å². The molecule has 0 unspecified atom stereocenters. The van der Waals surface area contributed by atoms with Gasteiger partial charge in [0.1, 0.15) is 11.8 Å². The van der Waals surface area contributed by atoms with Crippen LogP contribution in [0.4, 0.5) is 0 Å². The molecule has 20 heavy (non-hydrogen) atoms. The van der Waals surface area contributed by atoms with E-state index in [0.717, 1.165) is 0 Å². The van der Waals surface area contributed by atoms with Gasteiger partial charge >= 0.3 is 7.82 Å². The highest BCUT2D eigenvalue weighted by molar-refractivity contribution is 7.46. The van der Waals surface area contributed by atoms with E-state index in [0.29, 0.717) is 5.56 Å². The second-order valence-corrected chi connectivity index (χ2v) is 5.25. The molecule has 110 valence electrons. The number of phosphoric acid groups is 1. The smallest absolute Gasteiger partial charge is 0.404 e. The first-order chi connectivity index (χ1) is 9.17. The van der Waals surface area contributed by atoms with Gasteiger partial charge in [-0.15, -0.1) is 0 Å². The summed E-state index contributed by atoms with van der Waals surface area (Å²) >= 11 is 0. The molecule has 0 radical (unpaired) electrons. The summed E-state index contributed by atoms with van der Waals surface area (Å²) in [6, 6.07) is 4.88. The van der Waals surface area contributed by atoms with Crippen LogP contribution in [0.3, 0.4) is 0 Å². The van der Waals surface area contributed by atoms with Crippen LogP contribution in [-0.2, 0) is 20.6 Å². The molecule has 5 N–H and O–H groups in total. The van der Waals surface area contributed by atoms with Crippen molar-refractivity contribution in [2.45, 2.75) is 19.4 Å². The molecule has 0 heterocycles. The largest absolute Gasteiger partial charge is 0.524 e. The molecule has 9 heteroatoms. The van der Waals surface area contributed by atoms with Crippen molar-refractivity contribution in [2.24, 2.45) is 5.73 Å². The van der Waals surface area contributed by atoms with Crippen molar-refractivity contribution in [2.75, 3.05) is 0 Å². The van der Waals surface area contributed by atoms with Crippen LogP contribution in [0, 0.1) is 0 Å². The Hall–Kier alpha value is -1.89. The summed E-state index contributed by atoms with van der Waals surface area (Å²) in [5.41, 5.74) is 5.82. The number of phosphoric ester groups is 1. The van der Waals surface area contributed by atoms with E-state index in [1.54, 1.807) is 0 Å². The lowest BCUT2D eigenvalue weighted by molar-refractivity contribution is -0.126. The minimum Gasteiger partial charge on any atom is -0.404 e. The molecule has 1 atom stereocenters. The van der Waals surface area contributed by atoms with Gasteiger partial charge in [-0.1, -0.05) is 12.1 Å². The SMILES string of the molecule is CC(=O)N[C@@H](Cc1ccc(OP(=O)(O)O)cc1)C(N)=O. The number of amides is 2. The van der Waals surface area contributed by atoms with Crippen molar-refractivity contribution < 1.29 is 28.5 Å². The van der Waals surface area contributed by atoms with Crippen molar-refractivity contribution in [1.82, 2.24) is 5.32 Å². The third-order valence-electron chi connectivity index (χ3n) is 2.31. The van der Waals surface area contributed by atoms with Crippen LogP contribution in [-0.4, -0.2) is 27.6 Å². The van der Waals surface area contributed by atoms with Gasteiger partial charge in [0.25, 0.3) is 0 Å². The molecular formula is C11H15N2O6P. The summed E-state index contributed by atoms with van der Waals surface area (Å²) in [4.78, 5) is 39.4. The minimum absolute atomic E-state index is 0.00256. The van der Waals surface area contributed by atoms with Crippen LogP contribution in [0.15, 0.2) is 24.3 Å². The Balaban J connectivity index is 2.75. The predicted molar refractivity (Wildman–Crippen MR) is 69.6 cm³/mol. The van der Waals surface area contributed by atoms with E-state index in [2.05, 4.69) is 9.84 Å². The van der Waals surface area contributed by atoms with E-state index in [-0.39, 0.29) is 18.1 Å². The fraction of sp³-hybridized carbons (Fsp3) is 0.273. The molecule has 2 amide bonds. The lowest BCUT2D eigenvalue weighted by atomic mass is 10.1. The third kappa shape index (κ3) is 5.83. The Bertz CT molecular complexity index is 538. The van der Waals surface area contributed by atoms with Crippen molar-refractivity contribution in [3.63, 3.8) is 0 Å². The zero-order valence-corrected chi connectivity index (χ0v) is 11.5. The van der Waals surface area contributed by atoms with Gasteiger partial charge in [0.15, 0.2) is 0 Å². The third-order valence-corrected chi connectivity index (χ3v) is 2.76. The molecule has 0 spiro atoms. The molecule has 0 fully saturated rings. The molecule has 0 saturated heterocycles. The van der Waals surface area contributed by atoms with Gasteiger partial charge in [0, 0.05) is 13.3 Å². The Kier molecular flexibility index (Phi) is 5.26. The van der Waals surface area contributed by atoms with Gasteiger partial charge in [-0.2, -0.15) is 0 Å². The Morgan fingerprint density at radius 1 is 1.35 bits per heavy atom. The Morgan fingerprint density at radius 2 is 1.90 bits per heavy atom. The predicted octanol–water partition coefficient (Wildman–Crippen LogP) is -0.309. The average Bonchev–Trinajstić information content (AvgIpc) is 2.28. The number of hydrogen-bond acceptors (Lipinski definition) is 4. The number of nitrogens with one attached hydrogen (secondary N) is 1. The maximum atomic E-state index is 11.2. The first-order valence-electron chi connectivity index (χ1n) is 5.58. The zero-order valence-electron chi connectivity index (χ0n) is 10.6. The monoisotopic (exact) mass is 302 g/mol. The fourth-order valence-electron chi connectivity index (χ4n) is 1.53. The number of hydrogen-bond donors (Lipinski definition) is 4. The van der Waals surface area contributed by atoms with Crippen LogP contribution < -0.4 is 15.6 Å². The van der Waals surface area contributed by atoms with E-state index in [4.69, 9.17) is 15.5 Å². The normalized spacial score (nSPS) is 12.6. The summed E-state index contributed by atoms with van der Waals surface area (Å²) in [7, 11) is -4.60. The van der Waals surface area contributed by atoms with Crippen LogP contribution in [0.1, 0.15) is 12.5 Å². The fourth-order valence-corrected chi connectivity index (χ4v) is 1.92. The number of rotatable bonds is 6. The highest BCUT2D eigenvalue weighted by Crippen LogP contribution is 2.37. The maximum absolute atomic E-state index is 11.2. The molecule has 1 aromatic carbocycles. The molecule has 0 aliphatic rings. The second-order valence-electron chi connectivity index (χ2n) is 4.09. The first kappa shape index (κ1) is 16.2. The standard InChI is InChI=1S/C11H15N2O6P/c1-7(14)13-10(11(12)15)6-8-2-4-9(5-3-8)19-20(16,17)18/h2-5,10H,6H2,1H3,(H2,12,15)(H,13,14)(H2,16,17,18)/t10-/m0/s1. The van der Waals surface area contributed by atoms with Crippen molar-refractivity contribution in [1.29, 1.82) is 0 Å². The summed E-state index contributed by atoms with van der Waals surface area (Å²) in [5, 5.41) is 2.41. The quantitative estimate of drug-likeness (QED) is 0.532. The van der Waals surface area contributed by atoms with Gasteiger partial charge in [-0.3, -0.25) is 19.4 Å². The average molecular weight is 302 g/mol.